The molecule has 2 saturated heterocycles. The Balaban J connectivity index is 1.55. The molecule has 2 aliphatic rings. The van der Waals surface area contributed by atoms with Gasteiger partial charge >= 0.3 is 0 Å². The number of carbonyl (C=O) groups excluding carboxylic acids is 2. The van der Waals surface area contributed by atoms with Gasteiger partial charge in [0.25, 0.3) is 5.69 Å². The van der Waals surface area contributed by atoms with Crippen LogP contribution in [-0.2, 0) is 16.0 Å². The smallest absolute Gasteiger partial charge is 0.269 e. The van der Waals surface area contributed by atoms with E-state index in [9.17, 15) is 19.7 Å². The van der Waals surface area contributed by atoms with Crippen molar-refractivity contribution in [1.29, 1.82) is 0 Å². The zero-order valence-electron chi connectivity index (χ0n) is 14.2. The van der Waals surface area contributed by atoms with Gasteiger partial charge < -0.3 is 9.80 Å². The Morgan fingerprint density at radius 1 is 1.28 bits per heavy atom. The molecule has 25 heavy (non-hydrogen) atoms. The molecule has 2 amide bonds. The van der Waals surface area contributed by atoms with E-state index in [1.165, 1.54) is 12.1 Å². The second kappa shape index (κ2) is 7.63. The summed E-state index contributed by atoms with van der Waals surface area (Å²) in [5, 5.41) is 10.8. The maximum atomic E-state index is 12.5. The third kappa shape index (κ3) is 4.15. The summed E-state index contributed by atoms with van der Waals surface area (Å²) in [5.74, 6) is 0.263. The summed E-state index contributed by atoms with van der Waals surface area (Å²) in [6.07, 6.45) is 4.23. The van der Waals surface area contributed by atoms with E-state index in [0.29, 0.717) is 25.8 Å². The maximum Gasteiger partial charge on any atom is 0.269 e. The normalized spacial score (nSPS) is 20.8. The molecular formula is C18H23N3O4. The van der Waals surface area contributed by atoms with Crippen LogP contribution in [0.5, 0.6) is 0 Å². The van der Waals surface area contributed by atoms with Gasteiger partial charge in [0.1, 0.15) is 0 Å². The quantitative estimate of drug-likeness (QED) is 0.604. The van der Waals surface area contributed by atoms with Gasteiger partial charge in [0.15, 0.2) is 0 Å². The summed E-state index contributed by atoms with van der Waals surface area (Å²) in [6, 6.07) is 6.57. The fraction of sp³-hybridized carbons (Fsp3) is 0.556. The van der Waals surface area contributed by atoms with Crippen LogP contribution in [0.15, 0.2) is 24.3 Å². The van der Waals surface area contributed by atoms with E-state index >= 15 is 0 Å². The van der Waals surface area contributed by atoms with Crippen molar-refractivity contribution < 1.29 is 14.5 Å². The number of nitro groups is 1. The molecule has 1 aromatic carbocycles. The summed E-state index contributed by atoms with van der Waals surface area (Å²) >= 11 is 0. The molecule has 0 aliphatic carbocycles. The van der Waals surface area contributed by atoms with Crippen LogP contribution < -0.4 is 0 Å². The third-order valence-electron chi connectivity index (χ3n) is 5.05. The molecule has 2 heterocycles. The number of hydrogen-bond acceptors (Lipinski definition) is 4. The fourth-order valence-corrected chi connectivity index (χ4v) is 3.73. The number of carbonyl (C=O) groups is 2. The molecule has 7 heteroatoms. The lowest BCUT2D eigenvalue weighted by Gasteiger charge is -2.37. The predicted octanol–water partition coefficient (Wildman–Crippen LogP) is 2.14. The molecule has 3 rings (SSSR count). The third-order valence-corrected chi connectivity index (χ3v) is 5.05. The Morgan fingerprint density at radius 2 is 2.12 bits per heavy atom. The van der Waals surface area contributed by atoms with Crippen LogP contribution in [-0.4, -0.2) is 52.2 Å². The number of likely N-dealkylation sites (tertiary alicyclic amines) is 2. The minimum absolute atomic E-state index is 0.0514. The summed E-state index contributed by atoms with van der Waals surface area (Å²) in [4.78, 5) is 38.6. The molecule has 0 N–H and O–H groups in total. The molecule has 2 fully saturated rings. The Hall–Kier alpha value is -2.44. The first-order valence-corrected chi connectivity index (χ1v) is 8.85. The topological polar surface area (TPSA) is 83.8 Å². The first-order chi connectivity index (χ1) is 12.0. The Labute approximate surface area is 146 Å². The summed E-state index contributed by atoms with van der Waals surface area (Å²) in [7, 11) is 0. The first-order valence-electron chi connectivity index (χ1n) is 8.85. The number of rotatable bonds is 5. The van der Waals surface area contributed by atoms with Crippen molar-refractivity contribution in [2.24, 2.45) is 0 Å². The van der Waals surface area contributed by atoms with E-state index < -0.39 is 4.92 Å². The number of aryl methyl sites for hydroxylation is 1. The largest absolute Gasteiger partial charge is 0.341 e. The average molecular weight is 345 g/mol. The van der Waals surface area contributed by atoms with Gasteiger partial charge in [-0.1, -0.05) is 12.1 Å². The number of benzene rings is 1. The van der Waals surface area contributed by atoms with Gasteiger partial charge in [0.05, 0.1) is 4.92 Å². The van der Waals surface area contributed by atoms with E-state index in [-0.39, 0.29) is 23.5 Å². The molecule has 7 nitrogen and oxygen atoms in total. The van der Waals surface area contributed by atoms with Crippen molar-refractivity contribution >= 4 is 17.5 Å². The molecule has 1 unspecified atom stereocenters. The van der Waals surface area contributed by atoms with Crippen molar-refractivity contribution in [2.45, 2.75) is 44.6 Å². The van der Waals surface area contributed by atoms with E-state index in [1.54, 1.807) is 6.07 Å². The number of non-ortho nitro benzene ring substituents is 1. The van der Waals surface area contributed by atoms with Crippen molar-refractivity contribution in [2.75, 3.05) is 19.6 Å². The van der Waals surface area contributed by atoms with Crippen LogP contribution in [0.3, 0.4) is 0 Å². The zero-order chi connectivity index (χ0) is 17.8. The Morgan fingerprint density at radius 3 is 2.84 bits per heavy atom. The summed E-state index contributed by atoms with van der Waals surface area (Å²) in [5.41, 5.74) is 0.848. The van der Waals surface area contributed by atoms with Gasteiger partial charge in [-0.3, -0.25) is 19.7 Å². The highest BCUT2D eigenvalue weighted by molar-refractivity contribution is 5.79. The molecule has 1 atom stereocenters. The monoisotopic (exact) mass is 345 g/mol. The number of nitro benzene ring substituents is 1. The Bertz CT molecular complexity index is 676. The Kier molecular flexibility index (Phi) is 5.31. The van der Waals surface area contributed by atoms with Crippen LogP contribution in [0.1, 0.15) is 37.7 Å². The van der Waals surface area contributed by atoms with Crippen LogP contribution >= 0.6 is 0 Å². The standard InChI is InChI=1S/C18H23N3O4/c22-17(9-8-14-4-1-5-15(12-14)21(24)25)19-10-2-6-16(13-19)20-11-3-7-18(20)23/h1,4-5,12,16H,2-3,6-11,13H2. The van der Waals surface area contributed by atoms with Gasteiger partial charge in [0, 0.05) is 50.7 Å². The molecule has 0 saturated carbocycles. The van der Waals surface area contributed by atoms with Crippen molar-refractivity contribution in [3.05, 3.63) is 39.9 Å². The van der Waals surface area contributed by atoms with E-state index in [1.807, 2.05) is 15.9 Å². The average Bonchev–Trinajstić information content (AvgIpc) is 3.06. The van der Waals surface area contributed by atoms with Crippen LogP contribution in [0, 0.1) is 10.1 Å². The lowest BCUT2D eigenvalue weighted by molar-refractivity contribution is -0.384. The molecular weight excluding hydrogens is 322 g/mol. The summed E-state index contributed by atoms with van der Waals surface area (Å²) < 4.78 is 0. The minimum atomic E-state index is -0.423. The number of nitrogens with zero attached hydrogens (tertiary/aromatic N) is 3. The molecule has 0 aromatic heterocycles. The highest BCUT2D eigenvalue weighted by Gasteiger charge is 2.32. The lowest BCUT2D eigenvalue weighted by Crippen LogP contribution is -2.50. The van der Waals surface area contributed by atoms with Crippen LogP contribution in [0.2, 0.25) is 0 Å². The van der Waals surface area contributed by atoms with Gasteiger partial charge in [-0.15, -0.1) is 0 Å². The van der Waals surface area contributed by atoms with E-state index in [2.05, 4.69) is 0 Å². The van der Waals surface area contributed by atoms with Gasteiger partial charge in [0.2, 0.25) is 11.8 Å². The first kappa shape index (κ1) is 17.4. The van der Waals surface area contributed by atoms with Crippen LogP contribution in [0.4, 0.5) is 5.69 Å². The highest BCUT2D eigenvalue weighted by atomic mass is 16.6. The number of piperidine rings is 1. The second-order valence-electron chi connectivity index (χ2n) is 6.75. The van der Waals surface area contributed by atoms with Crippen LogP contribution in [0.25, 0.3) is 0 Å². The molecule has 2 aliphatic heterocycles. The molecule has 0 radical (unpaired) electrons. The molecule has 1 aromatic rings. The zero-order valence-corrected chi connectivity index (χ0v) is 14.2. The van der Waals surface area contributed by atoms with Crippen molar-refractivity contribution in [1.82, 2.24) is 9.80 Å². The highest BCUT2D eigenvalue weighted by Crippen LogP contribution is 2.22. The fourth-order valence-electron chi connectivity index (χ4n) is 3.73. The van der Waals surface area contributed by atoms with Gasteiger partial charge in [-0.25, -0.2) is 0 Å². The lowest BCUT2D eigenvalue weighted by atomic mass is 10.0. The molecule has 0 spiro atoms. The maximum absolute atomic E-state index is 12.5. The predicted molar refractivity (Wildman–Crippen MR) is 92.0 cm³/mol. The molecule has 0 bridgehead atoms. The van der Waals surface area contributed by atoms with E-state index in [0.717, 1.165) is 37.9 Å². The van der Waals surface area contributed by atoms with Crippen molar-refractivity contribution in [3.63, 3.8) is 0 Å². The van der Waals surface area contributed by atoms with E-state index in [4.69, 9.17) is 0 Å². The SMILES string of the molecule is O=C(CCc1cccc([N+](=O)[O-])c1)N1CCCC(N2CCCC2=O)C1. The summed E-state index contributed by atoms with van der Waals surface area (Å²) in [6.45, 7) is 2.14. The van der Waals surface area contributed by atoms with Gasteiger partial charge in [-0.2, -0.15) is 0 Å². The molecule has 134 valence electrons. The van der Waals surface area contributed by atoms with Crippen molar-refractivity contribution in [3.8, 4) is 0 Å². The van der Waals surface area contributed by atoms with Gasteiger partial charge in [-0.05, 0) is 31.2 Å². The number of hydrogen-bond donors (Lipinski definition) is 0. The minimum Gasteiger partial charge on any atom is -0.341 e. The number of amides is 2. The second-order valence-corrected chi connectivity index (χ2v) is 6.75.